The lowest BCUT2D eigenvalue weighted by Gasteiger charge is -2.17. The number of aromatic nitrogens is 1. The Morgan fingerprint density at radius 3 is 2.55 bits per heavy atom. The maximum Gasteiger partial charge on any atom is 0.339 e. The molecule has 1 aromatic heterocycles. The van der Waals surface area contributed by atoms with Crippen LogP contribution < -0.4 is 5.32 Å². The Morgan fingerprint density at radius 1 is 1.09 bits per heavy atom. The number of esters is 1. The third-order valence-corrected chi connectivity index (χ3v) is 6.33. The fourth-order valence-corrected chi connectivity index (χ4v) is 4.06. The Balaban J connectivity index is 1.65. The van der Waals surface area contributed by atoms with Crippen LogP contribution in [0.2, 0.25) is 5.02 Å². The van der Waals surface area contributed by atoms with E-state index in [1.807, 2.05) is 69.3 Å². The van der Waals surface area contributed by atoms with Gasteiger partial charge in [-0.3, -0.25) is 4.79 Å². The summed E-state index contributed by atoms with van der Waals surface area (Å²) in [5, 5.41) is 4.29. The van der Waals surface area contributed by atoms with Gasteiger partial charge < -0.3 is 10.1 Å². The summed E-state index contributed by atoms with van der Waals surface area (Å²) in [5.41, 5.74) is 5.00. The monoisotopic (exact) mass is 462 g/mol. The van der Waals surface area contributed by atoms with Gasteiger partial charge in [0.1, 0.15) is 0 Å². The third kappa shape index (κ3) is 5.09. The summed E-state index contributed by atoms with van der Waals surface area (Å²) in [6.45, 7) is 5.67. The van der Waals surface area contributed by atoms with Crippen LogP contribution >= 0.6 is 11.6 Å². The number of nitrogens with one attached hydrogen (secondary N) is 1. The van der Waals surface area contributed by atoms with E-state index in [1.54, 1.807) is 0 Å². The van der Waals surface area contributed by atoms with E-state index in [-0.39, 0.29) is 18.6 Å². The van der Waals surface area contributed by atoms with Crippen LogP contribution in [0.4, 0.5) is 0 Å². The number of ether oxygens (including phenoxy) is 1. The Morgan fingerprint density at radius 2 is 1.82 bits per heavy atom. The maximum atomic E-state index is 13.2. The lowest BCUT2D eigenvalue weighted by molar-refractivity contribution is -0.125. The van der Waals surface area contributed by atoms with E-state index in [2.05, 4.69) is 11.4 Å². The van der Waals surface area contributed by atoms with Crippen LogP contribution in [0.1, 0.15) is 54.4 Å². The number of carbonyl (C=O) groups excluding carboxylic acids is 2. The Labute approximate surface area is 198 Å². The first-order valence-corrected chi connectivity index (χ1v) is 11.6. The predicted octanol–water partition coefficient (Wildman–Crippen LogP) is 5.69. The smallest absolute Gasteiger partial charge is 0.339 e. The van der Waals surface area contributed by atoms with Gasteiger partial charge in [-0.2, -0.15) is 0 Å². The van der Waals surface area contributed by atoms with Gasteiger partial charge in [-0.1, -0.05) is 55.8 Å². The number of carbonyl (C=O) groups is 2. The van der Waals surface area contributed by atoms with Gasteiger partial charge in [0, 0.05) is 16.5 Å². The van der Waals surface area contributed by atoms with E-state index in [1.165, 1.54) is 0 Å². The zero-order valence-corrected chi connectivity index (χ0v) is 19.8. The average molecular weight is 463 g/mol. The molecule has 0 spiro atoms. The summed E-state index contributed by atoms with van der Waals surface area (Å²) in [5.74, 6) is -0.504. The number of pyridine rings is 1. The second-order valence-corrected chi connectivity index (χ2v) is 9.17. The first-order valence-electron chi connectivity index (χ1n) is 11.2. The quantitative estimate of drug-likeness (QED) is 0.477. The molecule has 0 fully saturated rings. The van der Waals surface area contributed by atoms with E-state index in [9.17, 15) is 9.59 Å². The first kappa shape index (κ1) is 23.0. The van der Waals surface area contributed by atoms with Crippen LogP contribution in [-0.4, -0.2) is 29.5 Å². The second-order valence-electron chi connectivity index (χ2n) is 8.73. The summed E-state index contributed by atoms with van der Waals surface area (Å²) < 4.78 is 5.46. The van der Waals surface area contributed by atoms with Crippen molar-refractivity contribution in [1.29, 1.82) is 0 Å². The van der Waals surface area contributed by atoms with Crippen LogP contribution in [0.3, 0.4) is 0 Å². The molecule has 5 nitrogen and oxygen atoms in total. The zero-order chi connectivity index (χ0) is 23.5. The number of benzene rings is 2. The SMILES string of the molecule is CC(C)C(C)NC(=O)COC(=O)c1c2c(nc3ccccc13)/C(=C/c1ccc(Cl)cc1)CC2. The third-order valence-electron chi connectivity index (χ3n) is 6.08. The minimum Gasteiger partial charge on any atom is -0.452 e. The number of hydrogen-bond acceptors (Lipinski definition) is 4. The van der Waals surface area contributed by atoms with Crippen LogP contribution in [0.15, 0.2) is 48.5 Å². The lowest BCUT2D eigenvalue weighted by atomic mass is 10.0. The van der Waals surface area contributed by atoms with E-state index >= 15 is 0 Å². The molecule has 0 bridgehead atoms. The van der Waals surface area contributed by atoms with Gasteiger partial charge in [-0.25, -0.2) is 9.78 Å². The fraction of sp³-hybridized carbons (Fsp3) is 0.296. The van der Waals surface area contributed by atoms with Crippen molar-refractivity contribution in [2.75, 3.05) is 6.61 Å². The summed E-state index contributed by atoms with van der Waals surface area (Å²) in [4.78, 5) is 30.3. The minimum atomic E-state index is -0.495. The molecule has 1 aliphatic rings. The summed E-state index contributed by atoms with van der Waals surface area (Å²) in [6, 6.07) is 15.2. The van der Waals surface area contributed by atoms with Crippen molar-refractivity contribution in [2.24, 2.45) is 5.92 Å². The van der Waals surface area contributed by atoms with Gasteiger partial charge in [0.25, 0.3) is 5.91 Å². The van der Waals surface area contributed by atoms with E-state index in [4.69, 9.17) is 21.3 Å². The highest BCUT2D eigenvalue weighted by Gasteiger charge is 2.28. The average Bonchev–Trinajstić information content (AvgIpc) is 3.19. The topological polar surface area (TPSA) is 68.3 Å². The van der Waals surface area contributed by atoms with Crippen LogP contribution in [0.5, 0.6) is 0 Å². The van der Waals surface area contributed by atoms with Crippen LogP contribution in [0, 0.1) is 5.92 Å². The molecule has 1 unspecified atom stereocenters. The number of allylic oxidation sites excluding steroid dienone is 1. The summed E-state index contributed by atoms with van der Waals surface area (Å²) >= 11 is 6.01. The molecule has 0 radical (unpaired) electrons. The number of nitrogens with zero attached hydrogens (tertiary/aromatic N) is 1. The molecule has 0 aliphatic heterocycles. The van der Waals surface area contributed by atoms with Crippen molar-refractivity contribution in [2.45, 2.75) is 39.7 Å². The van der Waals surface area contributed by atoms with Crippen LogP contribution in [-0.2, 0) is 16.0 Å². The number of para-hydroxylation sites is 1. The molecule has 33 heavy (non-hydrogen) atoms. The van der Waals surface area contributed by atoms with E-state index in [0.29, 0.717) is 22.9 Å². The number of amides is 1. The van der Waals surface area contributed by atoms with Gasteiger partial charge in [0.05, 0.1) is 16.8 Å². The van der Waals surface area contributed by atoms with Gasteiger partial charge in [-0.05, 0) is 66.7 Å². The Bertz CT molecular complexity index is 1230. The minimum absolute atomic E-state index is 0.00256. The molecule has 0 saturated heterocycles. The summed E-state index contributed by atoms with van der Waals surface area (Å²) in [6.07, 6.45) is 3.54. The standard InChI is InChI=1S/C27H27ClN2O3/c1-16(2)17(3)29-24(31)15-33-27(32)25-21-6-4-5-7-23(21)30-26-19(10-13-22(25)26)14-18-8-11-20(28)12-9-18/h4-9,11-12,14,16-17H,10,13,15H2,1-3H3,(H,29,31)/b19-14+. The van der Waals surface area contributed by atoms with Gasteiger partial charge >= 0.3 is 5.97 Å². The van der Waals surface area contributed by atoms with E-state index < -0.39 is 5.97 Å². The molecule has 1 N–H and O–H groups in total. The molecule has 3 aromatic rings. The number of halogens is 1. The molecule has 1 atom stereocenters. The van der Waals surface area contributed by atoms with Gasteiger partial charge in [-0.15, -0.1) is 0 Å². The highest BCUT2D eigenvalue weighted by molar-refractivity contribution is 6.30. The number of rotatable bonds is 6. The maximum absolute atomic E-state index is 13.2. The number of hydrogen-bond donors (Lipinski definition) is 1. The molecule has 2 aromatic carbocycles. The predicted molar refractivity (Wildman–Crippen MR) is 132 cm³/mol. The fourth-order valence-electron chi connectivity index (χ4n) is 3.94. The van der Waals surface area contributed by atoms with Crippen molar-refractivity contribution in [1.82, 2.24) is 10.3 Å². The van der Waals surface area contributed by atoms with Gasteiger partial charge in [0.2, 0.25) is 0 Å². The lowest BCUT2D eigenvalue weighted by Crippen LogP contribution is -2.38. The molecule has 0 saturated carbocycles. The largest absolute Gasteiger partial charge is 0.452 e. The highest BCUT2D eigenvalue weighted by atomic mass is 35.5. The first-order chi connectivity index (χ1) is 15.8. The molecule has 1 heterocycles. The van der Waals surface area contributed by atoms with Crippen molar-refractivity contribution >= 4 is 46.0 Å². The van der Waals surface area contributed by atoms with Crippen molar-refractivity contribution < 1.29 is 14.3 Å². The molecular formula is C27H27ClN2O3. The van der Waals surface area contributed by atoms with Crippen LogP contribution in [0.25, 0.3) is 22.6 Å². The Hall–Kier alpha value is -3.18. The summed E-state index contributed by atoms with van der Waals surface area (Å²) in [7, 11) is 0. The van der Waals surface area contributed by atoms with Gasteiger partial charge in [0.15, 0.2) is 6.61 Å². The molecule has 6 heteroatoms. The molecule has 4 rings (SSSR count). The normalized spacial score (nSPS) is 15.0. The Kier molecular flexibility index (Phi) is 6.80. The second kappa shape index (κ2) is 9.75. The van der Waals surface area contributed by atoms with Crippen molar-refractivity contribution in [3.63, 3.8) is 0 Å². The molecule has 1 amide bonds. The van der Waals surface area contributed by atoms with Crippen molar-refractivity contribution in [3.8, 4) is 0 Å². The zero-order valence-electron chi connectivity index (χ0n) is 19.0. The molecular weight excluding hydrogens is 436 g/mol. The molecule has 170 valence electrons. The van der Waals surface area contributed by atoms with E-state index in [0.717, 1.165) is 39.7 Å². The number of fused-ring (bicyclic) bond motifs is 2. The highest BCUT2D eigenvalue weighted by Crippen LogP contribution is 2.37. The van der Waals surface area contributed by atoms with Crippen molar-refractivity contribution in [3.05, 3.63) is 75.9 Å². The molecule has 1 aliphatic carbocycles.